The Morgan fingerprint density at radius 3 is 1.22 bits per heavy atom. The topological polar surface area (TPSA) is 83.1 Å². The molecule has 0 saturated heterocycles. The van der Waals surface area contributed by atoms with Crippen molar-refractivity contribution in [1.82, 2.24) is 0 Å². The first-order chi connectivity index (χ1) is 13.2. The van der Waals surface area contributed by atoms with Crippen molar-refractivity contribution in [3.05, 3.63) is 11.3 Å². The van der Waals surface area contributed by atoms with Gasteiger partial charge >= 0.3 is 14.7 Å². The second kappa shape index (κ2) is 17.2. The number of rotatable bonds is 19. The molecule has 0 aliphatic carbocycles. The fraction of sp³-hybridized carbons (Fsp3) is 0.882. The lowest BCUT2D eigenvalue weighted by Crippen LogP contribution is -2.52. The van der Waals surface area contributed by atoms with Gasteiger partial charge in [-0.1, -0.05) is 0 Å². The Bertz CT molecular complexity index is 345. The highest BCUT2D eigenvalue weighted by atomic mass is 28.4. The van der Waals surface area contributed by atoms with E-state index in [1.165, 1.54) is 0 Å². The molecule has 0 atom stereocenters. The van der Waals surface area contributed by atoms with Crippen molar-refractivity contribution >= 4 is 8.80 Å². The minimum atomic E-state index is -3.53. The Morgan fingerprint density at radius 1 is 0.556 bits per heavy atom. The van der Waals surface area contributed by atoms with Crippen molar-refractivity contribution in [2.45, 2.75) is 20.8 Å². The first kappa shape index (κ1) is 26.1. The van der Waals surface area contributed by atoms with Crippen LogP contribution in [0.4, 0.5) is 0 Å². The van der Waals surface area contributed by atoms with Gasteiger partial charge in [-0.15, -0.1) is 0 Å². The quantitative estimate of drug-likeness (QED) is 0.179. The van der Waals surface area contributed by atoms with Crippen LogP contribution in [0.15, 0.2) is 11.3 Å². The Kier molecular flexibility index (Phi) is 16.7. The molecule has 0 bridgehead atoms. The van der Waals surface area contributed by atoms with Crippen LogP contribution in [0.3, 0.4) is 0 Å². The molecule has 0 aromatic carbocycles. The summed E-state index contributed by atoms with van der Waals surface area (Å²) in [5, 5.41) is 0.303. The van der Waals surface area contributed by atoms with Gasteiger partial charge < -0.3 is 41.7 Å². The maximum absolute atomic E-state index is 6.07. The van der Waals surface area contributed by atoms with Crippen LogP contribution in [0, 0.1) is 0 Å². The molecule has 0 heterocycles. The van der Waals surface area contributed by atoms with Crippen LogP contribution in [-0.4, -0.2) is 89.6 Å². The minimum absolute atomic E-state index is 0.209. The van der Waals surface area contributed by atoms with E-state index in [1.807, 2.05) is 20.8 Å². The van der Waals surface area contributed by atoms with E-state index in [9.17, 15) is 0 Å². The van der Waals surface area contributed by atoms with Crippen LogP contribution in [0.1, 0.15) is 20.8 Å². The van der Waals surface area contributed by atoms with Crippen molar-refractivity contribution in [3.63, 3.8) is 0 Å². The fourth-order valence-corrected chi connectivity index (χ4v) is 4.37. The summed E-state index contributed by atoms with van der Waals surface area (Å²) >= 11 is 0. The van der Waals surface area contributed by atoms with E-state index in [2.05, 4.69) is 0 Å². The average molecular weight is 413 g/mol. The van der Waals surface area contributed by atoms with E-state index in [0.29, 0.717) is 45.0 Å². The lowest BCUT2D eigenvalue weighted by Gasteiger charge is -2.31. The summed E-state index contributed by atoms with van der Waals surface area (Å²) in [5.74, 6) is 0.209. The van der Waals surface area contributed by atoms with Crippen molar-refractivity contribution in [3.8, 4) is 0 Å². The Labute approximate surface area is 164 Å². The van der Waals surface area contributed by atoms with E-state index < -0.39 is 8.80 Å². The van der Waals surface area contributed by atoms with Gasteiger partial charge in [-0.05, 0) is 20.8 Å². The van der Waals surface area contributed by atoms with Gasteiger partial charge in [-0.3, -0.25) is 0 Å². The zero-order valence-corrected chi connectivity index (χ0v) is 18.5. The molecule has 9 nitrogen and oxygen atoms in total. The van der Waals surface area contributed by atoms with Crippen molar-refractivity contribution < 1.29 is 41.7 Å². The highest BCUT2D eigenvalue weighted by Crippen LogP contribution is 2.26. The maximum Gasteiger partial charge on any atom is 0.581 e. The lowest BCUT2D eigenvalue weighted by molar-refractivity contribution is -0.0117. The molecule has 0 amide bonds. The number of hydrogen-bond donors (Lipinski definition) is 0. The second-order valence-corrected chi connectivity index (χ2v) is 7.43. The van der Waals surface area contributed by atoms with Gasteiger partial charge in [0.25, 0.3) is 0 Å². The number of hydrogen-bond acceptors (Lipinski definition) is 9. The third-order valence-corrected chi connectivity index (χ3v) is 5.70. The van der Waals surface area contributed by atoms with Crippen LogP contribution in [-0.2, 0) is 41.7 Å². The molecule has 27 heavy (non-hydrogen) atoms. The van der Waals surface area contributed by atoms with Crippen LogP contribution in [0.25, 0.3) is 0 Å². The molecule has 162 valence electrons. The predicted octanol–water partition coefficient (Wildman–Crippen LogP) is 1.73. The Balaban J connectivity index is 5.93. The molecule has 0 N–H and O–H groups in total. The highest BCUT2D eigenvalue weighted by molar-refractivity contribution is 6.68. The monoisotopic (exact) mass is 412 g/mol. The van der Waals surface area contributed by atoms with Gasteiger partial charge in [0.15, 0.2) is 0 Å². The summed E-state index contributed by atoms with van der Waals surface area (Å²) < 4.78 is 50.7. The predicted molar refractivity (Wildman–Crippen MR) is 101 cm³/mol. The molecule has 0 aromatic rings. The summed E-state index contributed by atoms with van der Waals surface area (Å²) in [7, 11) is 1.25. The highest BCUT2D eigenvalue weighted by Gasteiger charge is 2.52. The summed E-state index contributed by atoms with van der Waals surface area (Å²) in [4.78, 5) is 0. The molecule has 0 aliphatic rings. The Morgan fingerprint density at radius 2 is 0.926 bits per heavy atom. The molecule has 0 saturated carbocycles. The van der Waals surface area contributed by atoms with E-state index in [0.717, 1.165) is 0 Å². The van der Waals surface area contributed by atoms with Crippen LogP contribution in [0.5, 0.6) is 0 Å². The largest absolute Gasteiger partial charge is 0.581 e. The normalized spacial score (nSPS) is 11.3. The van der Waals surface area contributed by atoms with E-state index in [-0.39, 0.29) is 25.8 Å². The maximum atomic E-state index is 6.07. The van der Waals surface area contributed by atoms with Gasteiger partial charge in [0.05, 0.1) is 59.5 Å². The summed E-state index contributed by atoms with van der Waals surface area (Å²) in [6, 6.07) is 0. The molecular formula is C17H36O9Si. The molecular weight excluding hydrogens is 376 g/mol. The van der Waals surface area contributed by atoms with Crippen LogP contribution >= 0.6 is 0 Å². The molecule has 0 spiro atoms. The van der Waals surface area contributed by atoms with Crippen LogP contribution in [0.2, 0.25) is 0 Å². The van der Waals surface area contributed by atoms with Gasteiger partial charge in [0, 0.05) is 21.3 Å². The van der Waals surface area contributed by atoms with Gasteiger partial charge in [0.2, 0.25) is 5.38 Å². The third kappa shape index (κ3) is 10.3. The third-order valence-electron chi connectivity index (χ3n) is 3.04. The first-order valence-corrected chi connectivity index (χ1v) is 10.9. The van der Waals surface area contributed by atoms with Crippen molar-refractivity contribution in [2.24, 2.45) is 0 Å². The van der Waals surface area contributed by atoms with Crippen LogP contribution < -0.4 is 0 Å². The fourth-order valence-electron chi connectivity index (χ4n) is 1.95. The van der Waals surface area contributed by atoms with E-state index in [1.54, 1.807) is 21.3 Å². The first-order valence-electron chi connectivity index (χ1n) is 9.17. The molecule has 0 radical (unpaired) electrons. The standard InChI is InChI=1S/C17H36O9Si/c1-7-21-16(22-8-2)17(23-9-3)27(24-13-10-18-4,25-14-11-19-5)26-15-12-20-6/h7-15H2,1-6H3. The van der Waals surface area contributed by atoms with E-state index in [4.69, 9.17) is 41.7 Å². The summed E-state index contributed by atoms with van der Waals surface area (Å²) in [6.07, 6.45) is 0. The summed E-state index contributed by atoms with van der Waals surface area (Å²) in [5.41, 5.74) is 0. The minimum Gasteiger partial charge on any atom is -0.489 e. The molecule has 0 unspecified atom stereocenters. The van der Waals surface area contributed by atoms with Crippen molar-refractivity contribution in [2.75, 3.05) is 80.8 Å². The summed E-state index contributed by atoms with van der Waals surface area (Å²) in [6.45, 7) is 8.59. The van der Waals surface area contributed by atoms with Gasteiger partial charge in [-0.25, -0.2) is 0 Å². The molecule has 10 heteroatoms. The van der Waals surface area contributed by atoms with Crippen molar-refractivity contribution in [1.29, 1.82) is 0 Å². The number of ether oxygens (including phenoxy) is 6. The molecule has 0 fully saturated rings. The van der Waals surface area contributed by atoms with Gasteiger partial charge in [-0.2, -0.15) is 0 Å². The average Bonchev–Trinajstić information content (AvgIpc) is 2.66. The zero-order valence-electron chi connectivity index (χ0n) is 17.5. The number of methoxy groups -OCH3 is 3. The second-order valence-electron chi connectivity index (χ2n) is 5.00. The lowest BCUT2D eigenvalue weighted by atomic mass is 10.8. The van der Waals surface area contributed by atoms with E-state index >= 15 is 0 Å². The molecule has 0 rings (SSSR count). The molecule has 0 aliphatic heterocycles. The van der Waals surface area contributed by atoms with Gasteiger partial charge in [0.1, 0.15) is 0 Å². The smallest absolute Gasteiger partial charge is 0.489 e. The zero-order chi connectivity index (χ0) is 20.4. The Hall–Kier alpha value is -0.883. The SMILES string of the molecule is CCOC(OCC)=C(OCC)[Si](OCCOC)(OCCOC)OCCOC. The molecule has 0 aromatic heterocycles.